The smallest absolute Gasteiger partial charge is 0.281 e. The summed E-state index contributed by atoms with van der Waals surface area (Å²) in [6.07, 6.45) is 3.33. The van der Waals surface area contributed by atoms with Crippen molar-refractivity contribution in [3.05, 3.63) is 71.4 Å². The molecule has 3 rings (SSSR count). The third kappa shape index (κ3) is 3.61. The molecule has 1 saturated heterocycles. The first kappa shape index (κ1) is 19.9. The van der Waals surface area contributed by atoms with Crippen molar-refractivity contribution in [1.29, 1.82) is 0 Å². The van der Waals surface area contributed by atoms with Crippen LogP contribution in [0.4, 0.5) is 5.69 Å². The Balaban J connectivity index is 2.00. The third-order valence-electron chi connectivity index (χ3n) is 4.22. The number of benzene rings is 2. The van der Waals surface area contributed by atoms with E-state index in [1.165, 1.54) is 12.0 Å². The number of anilines is 1. The van der Waals surface area contributed by atoms with E-state index in [1.54, 1.807) is 36.2 Å². The highest BCUT2D eigenvalue weighted by Gasteiger charge is 2.36. The molecular formula is C21H19ClN2O3S. The van der Waals surface area contributed by atoms with Crippen LogP contribution in [0.15, 0.2) is 60.8 Å². The van der Waals surface area contributed by atoms with Gasteiger partial charge in [0.2, 0.25) is 0 Å². The number of carbonyl (C=O) groups excluding carboxylic acids is 1. The van der Waals surface area contributed by atoms with Gasteiger partial charge in [0.25, 0.3) is 5.91 Å². The molecule has 1 fully saturated rings. The van der Waals surface area contributed by atoms with Crippen LogP contribution in [0.25, 0.3) is 6.08 Å². The maximum Gasteiger partial charge on any atom is 0.281 e. The number of carbonyl (C=O) groups is 1. The lowest BCUT2D eigenvalue weighted by molar-refractivity contribution is -0.114. The molecule has 1 aliphatic heterocycles. The lowest BCUT2D eigenvalue weighted by Gasteiger charge is -2.16. The van der Waals surface area contributed by atoms with E-state index in [9.17, 15) is 4.79 Å². The number of thiocarbonyl (C=S) groups is 1. The molecule has 0 atom stereocenters. The molecule has 1 aliphatic rings. The first-order chi connectivity index (χ1) is 13.5. The van der Waals surface area contributed by atoms with E-state index >= 15 is 0 Å². The second-order valence-corrected chi connectivity index (χ2v) is 6.69. The number of methoxy groups -OCH3 is 1. The SMILES string of the molecule is C=CCOc1ccc(C=C2C(=O)N(c3ccccc3)C(=S)N2C)c(Cl)c1OC. The molecule has 0 saturated carbocycles. The monoisotopic (exact) mass is 414 g/mol. The van der Waals surface area contributed by atoms with Gasteiger partial charge in [-0.2, -0.15) is 0 Å². The topological polar surface area (TPSA) is 42.0 Å². The van der Waals surface area contributed by atoms with Gasteiger partial charge in [0, 0.05) is 7.05 Å². The van der Waals surface area contributed by atoms with Gasteiger partial charge in [-0.05, 0) is 48.1 Å². The zero-order chi connectivity index (χ0) is 20.3. The van der Waals surface area contributed by atoms with Gasteiger partial charge >= 0.3 is 0 Å². The van der Waals surface area contributed by atoms with Crippen LogP contribution in [-0.2, 0) is 4.79 Å². The molecule has 28 heavy (non-hydrogen) atoms. The fourth-order valence-electron chi connectivity index (χ4n) is 2.83. The zero-order valence-corrected chi connectivity index (χ0v) is 17.1. The van der Waals surface area contributed by atoms with Crippen LogP contribution in [0.2, 0.25) is 5.02 Å². The number of ether oxygens (including phenoxy) is 2. The lowest BCUT2D eigenvalue weighted by atomic mass is 10.1. The largest absolute Gasteiger partial charge is 0.491 e. The molecule has 7 heteroatoms. The highest BCUT2D eigenvalue weighted by molar-refractivity contribution is 7.80. The van der Waals surface area contributed by atoms with Crippen molar-refractivity contribution < 1.29 is 14.3 Å². The standard InChI is InChI=1S/C21H19ClN2O3S/c1-4-12-27-17-11-10-14(18(22)19(17)26-3)13-16-20(25)24(21(28)23(16)2)15-8-6-5-7-9-15/h4-11,13H,1,12H2,2-3H3. The zero-order valence-electron chi connectivity index (χ0n) is 15.5. The van der Waals surface area contributed by atoms with Gasteiger partial charge in [-0.15, -0.1) is 0 Å². The molecule has 0 radical (unpaired) electrons. The fraction of sp³-hybridized carbons (Fsp3) is 0.143. The molecule has 144 valence electrons. The molecule has 0 aromatic heterocycles. The minimum atomic E-state index is -0.222. The summed E-state index contributed by atoms with van der Waals surface area (Å²) in [6.45, 7) is 3.96. The number of amides is 1. The van der Waals surface area contributed by atoms with Gasteiger partial charge in [-0.3, -0.25) is 9.69 Å². The summed E-state index contributed by atoms with van der Waals surface area (Å²) in [6, 6.07) is 12.8. The van der Waals surface area contributed by atoms with Crippen LogP contribution in [0.5, 0.6) is 11.5 Å². The van der Waals surface area contributed by atoms with Gasteiger partial charge in [0.1, 0.15) is 12.3 Å². The molecular weight excluding hydrogens is 396 g/mol. The summed E-state index contributed by atoms with van der Waals surface area (Å²) < 4.78 is 11.0. The van der Waals surface area contributed by atoms with Crippen molar-refractivity contribution >= 4 is 46.6 Å². The molecule has 2 aromatic rings. The Morgan fingerprint density at radius 1 is 1.21 bits per heavy atom. The Bertz CT molecular complexity index is 960. The van der Waals surface area contributed by atoms with Crippen molar-refractivity contribution in [3.8, 4) is 11.5 Å². The number of nitrogens with zero attached hydrogens (tertiary/aromatic N) is 2. The van der Waals surface area contributed by atoms with Crippen LogP contribution in [-0.4, -0.2) is 36.7 Å². The number of para-hydroxylation sites is 1. The third-order valence-corrected chi connectivity index (χ3v) is 5.07. The van der Waals surface area contributed by atoms with Crippen molar-refractivity contribution in [2.24, 2.45) is 0 Å². The molecule has 0 spiro atoms. The first-order valence-electron chi connectivity index (χ1n) is 8.48. The minimum absolute atomic E-state index is 0.222. The van der Waals surface area contributed by atoms with Gasteiger partial charge < -0.3 is 14.4 Å². The van der Waals surface area contributed by atoms with E-state index < -0.39 is 0 Å². The highest BCUT2D eigenvalue weighted by atomic mass is 35.5. The van der Waals surface area contributed by atoms with Crippen molar-refractivity contribution in [2.75, 3.05) is 25.7 Å². The molecule has 0 unspecified atom stereocenters. The van der Waals surface area contributed by atoms with E-state index in [0.717, 1.165) is 0 Å². The van der Waals surface area contributed by atoms with Gasteiger partial charge in [0.15, 0.2) is 16.6 Å². The number of halogens is 1. The molecule has 0 bridgehead atoms. The second kappa shape index (κ2) is 8.46. The van der Waals surface area contributed by atoms with Crippen molar-refractivity contribution in [3.63, 3.8) is 0 Å². The Morgan fingerprint density at radius 3 is 2.57 bits per heavy atom. The summed E-state index contributed by atoms with van der Waals surface area (Å²) in [7, 11) is 3.26. The van der Waals surface area contributed by atoms with Gasteiger partial charge in [-0.1, -0.05) is 42.5 Å². The average molecular weight is 415 g/mol. The maximum atomic E-state index is 13.0. The van der Waals surface area contributed by atoms with E-state index in [4.69, 9.17) is 33.3 Å². The predicted octanol–water partition coefficient (Wildman–Crippen LogP) is 4.52. The van der Waals surface area contributed by atoms with E-state index in [2.05, 4.69) is 6.58 Å². The molecule has 1 amide bonds. The minimum Gasteiger partial charge on any atom is -0.491 e. The van der Waals surface area contributed by atoms with E-state index in [0.29, 0.717) is 45.2 Å². The summed E-state index contributed by atoms with van der Waals surface area (Å²) in [5.74, 6) is 0.677. The summed E-state index contributed by atoms with van der Waals surface area (Å²) in [5.41, 5.74) is 1.75. The van der Waals surface area contributed by atoms with Gasteiger partial charge in [-0.25, -0.2) is 0 Å². The van der Waals surface area contributed by atoms with Crippen LogP contribution in [0, 0.1) is 0 Å². The van der Waals surface area contributed by atoms with Crippen LogP contribution >= 0.6 is 23.8 Å². The quantitative estimate of drug-likeness (QED) is 0.395. The predicted molar refractivity (Wildman–Crippen MR) is 116 cm³/mol. The molecule has 2 aromatic carbocycles. The summed E-state index contributed by atoms with van der Waals surface area (Å²) in [4.78, 5) is 16.2. The number of likely N-dealkylation sites (N-methyl/N-ethyl adjacent to an activating group) is 1. The van der Waals surface area contributed by atoms with Gasteiger partial charge in [0.05, 0.1) is 17.8 Å². The van der Waals surface area contributed by atoms with Crippen molar-refractivity contribution in [2.45, 2.75) is 0 Å². The lowest BCUT2D eigenvalue weighted by Crippen LogP contribution is -2.30. The van der Waals surface area contributed by atoms with E-state index in [1.807, 2.05) is 30.3 Å². The Morgan fingerprint density at radius 2 is 1.93 bits per heavy atom. The second-order valence-electron chi connectivity index (χ2n) is 5.95. The van der Waals surface area contributed by atoms with E-state index in [-0.39, 0.29) is 5.91 Å². The van der Waals surface area contributed by atoms with Crippen LogP contribution in [0.3, 0.4) is 0 Å². The summed E-state index contributed by atoms with van der Waals surface area (Å²) >= 11 is 12.0. The number of rotatable bonds is 6. The van der Waals surface area contributed by atoms with Crippen LogP contribution < -0.4 is 14.4 Å². The molecule has 1 heterocycles. The van der Waals surface area contributed by atoms with Crippen LogP contribution in [0.1, 0.15) is 5.56 Å². The fourth-order valence-corrected chi connectivity index (χ4v) is 3.40. The summed E-state index contributed by atoms with van der Waals surface area (Å²) in [5, 5.41) is 0.748. The molecule has 0 N–H and O–H groups in total. The van der Waals surface area contributed by atoms with Crippen molar-refractivity contribution in [1.82, 2.24) is 4.90 Å². The number of hydrogen-bond donors (Lipinski definition) is 0. The Kier molecular flexibility index (Phi) is 6.02. The number of hydrogen-bond acceptors (Lipinski definition) is 4. The molecule has 5 nitrogen and oxygen atoms in total. The Labute approximate surface area is 174 Å². The average Bonchev–Trinajstić information content (AvgIpc) is 2.91. The maximum absolute atomic E-state index is 13.0. The normalized spacial score (nSPS) is 15.3. The Hall–Kier alpha value is -2.83. The highest BCUT2D eigenvalue weighted by Crippen LogP contribution is 2.39. The first-order valence-corrected chi connectivity index (χ1v) is 9.27. The molecule has 0 aliphatic carbocycles.